The average Bonchev–Trinajstić information content (AvgIpc) is 3.26. The molecular formula is C27H29FN2O5. The van der Waals surface area contributed by atoms with Gasteiger partial charge in [0, 0.05) is 35.1 Å². The molecule has 0 saturated heterocycles. The topological polar surface area (TPSA) is 102 Å². The molecule has 0 saturated carbocycles. The summed E-state index contributed by atoms with van der Waals surface area (Å²) in [5.74, 6) is -1.26. The molecule has 3 aliphatic rings. The van der Waals surface area contributed by atoms with Crippen LogP contribution in [0.3, 0.4) is 0 Å². The summed E-state index contributed by atoms with van der Waals surface area (Å²) in [5.41, 5.74) is 4.89. The third-order valence-electron chi connectivity index (χ3n) is 6.99. The molecule has 7 nitrogen and oxygen atoms in total. The molecule has 35 heavy (non-hydrogen) atoms. The number of nitrogens with zero attached hydrogens (tertiary/aromatic N) is 2. The zero-order chi connectivity index (χ0) is 25.6. The number of aromatic nitrogens is 2. The number of pyridine rings is 2. The zero-order valence-electron chi connectivity index (χ0n) is 20.2. The van der Waals surface area contributed by atoms with E-state index in [2.05, 4.69) is 13.2 Å². The first-order chi connectivity index (χ1) is 16.9. The van der Waals surface area contributed by atoms with Crippen LogP contribution in [0.2, 0.25) is 0 Å². The average molecular weight is 481 g/mol. The van der Waals surface area contributed by atoms with Crippen molar-refractivity contribution in [2.24, 2.45) is 0 Å². The highest BCUT2D eigenvalue weighted by Gasteiger charge is 2.37. The van der Waals surface area contributed by atoms with Crippen LogP contribution in [0.25, 0.3) is 22.3 Å². The smallest absolute Gasteiger partial charge is 0.340 e. The van der Waals surface area contributed by atoms with Gasteiger partial charge in [0.15, 0.2) is 6.10 Å². The first kappa shape index (κ1) is 24.8. The zero-order valence-corrected chi connectivity index (χ0v) is 20.2. The third-order valence-corrected chi connectivity index (χ3v) is 6.99. The Morgan fingerprint density at radius 2 is 1.91 bits per heavy atom. The van der Waals surface area contributed by atoms with E-state index in [4.69, 9.17) is 9.72 Å². The van der Waals surface area contributed by atoms with Gasteiger partial charge in [-0.15, -0.1) is 13.2 Å². The monoisotopic (exact) mass is 480 g/mol. The maximum atomic E-state index is 14.6. The number of esters is 1. The molecule has 0 spiro atoms. The Labute approximate surface area is 202 Å². The van der Waals surface area contributed by atoms with E-state index < -0.39 is 12.1 Å². The number of carbonyl (C=O) groups excluding carboxylic acids is 1. The summed E-state index contributed by atoms with van der Waals surface area (Å²) in [6.07, 6.45) is -0.185. The predicted octanol–water partition coefficient (Wildman–Crippen LogP) is 3.81. The molecule has 2 aliphatic heterocycles. The van der Waals surface area contributed by atoms with Gasteiger partial charge in [-0.2, -0.15) is 0 Å². The minimum Gasteiger partial charge on any atom is -0.458 e. The highest BCUT2D eigenvalue weighted by atomic mass is 19.1. The van der Waals surface area contributed by atoms with Gasteiger partial charge in [-0.05, 0) is 42.5 Å². The number of hydrogen-bond donors (Lipinski definition) is 2. The van der Waals surface area contributed by atoms with Crippen LogP contribution in [-0.2, 0) is 29.1 Å². The van der Waals surface area contributed by atoms with E-state index in [0.717, 1.165) is 22.1 Å². The van der Waals surface area contributed by atoms with E-state index in [1.807, 2.05) is 13.8 Å². The van der Waals surface area contributed by atoms with Crippen LogP contribution in [-0.4, -0.2) is 32.3 Å². The number of aliphatic hydroxyl groups is 2. The van der Waals surface area contributed by atoms with Crippen LogP contribution in [0.1, 0.15) is 65.7 Å². The third kappa shape index (κ3) is 3.51. The van der Waals surface area contributed by atoms with Gasteiger partial charge in [-0.3, -0.25) is 4.79 Å². The number of cyclic esters (lactones) is 1. The maximum Gasteiger partial charge on any atom is 0.340 e. The number of carbonyl (C=O) groups is 1. The quantitative estimate of drug-likeness (QED) is 0.317. The molecule has 0 amide bonds. The molecule has 184 valence electrons. The Morgan fingerprint density at radius 1 is 1.20 bits per heavy atom. The fourth-order valence-corrected chi connectivity index (χ4v) is 5.38. The normalized spacial score (nSPS) is 18.9. The Hall–Kier alpha value is -3.36. The summed E-state index contributed by atoms with van der Waals surface area (Å²) in [6.45, 7) is 11.8. The highest BCUT2D eigenvalue weighted by molar-refractivity contribution is 5.93. The number of halogens is 1. The number of aliphatic hydroxyl groups excluding tert-OH is 2. The second-order valence-corrected chi connectivity index (χ2v) is 8.49. The van der Waals surface area contributed by atoms with Crippen LogP contribution >= 0.6 is 0 Å². The maximum absolute atomic E-state index is 14.6. The van der Waals surface area contributed by atoms with Crippen molar-refractivity contribution >= 4 is 16.9 Å². The molecule has 1 unspecified atom stereocenters. The molecular weight excluding hydrogens is 451 g/mol. The van der Waals surface area contributed by atoms with Gasteiger partial charge in [-0.1, -0.05) is 13.8 Å². The molecule has 0 radical (unpaired) electrons. The lowest BCUT2D eigenvalue weighted by Crippen LogP contribution is -2.32. The van der Waals surface area contributed by atoms with Crippen molar-refractivity contribution in [3.8, 4) is 11.4 Å². The van der Waals surface area contributed by atoms with E-state index in [9.17, 15) is 24.2 Å². The number of benzene rings is 1. The Kier molecular flexibility index (Phi) is 6.62. The fraction of sp³-hybridized carbons (Fsp3) is 0.370. The molecule has 0 fully saturated rings. The van der Waals surface area contributed by atoms with Gasteiger partial charge >= 0.3 is 5.97 Å². The number of aryl methyl sites for hydroxylation is 1. The first-order valence-corrected chi connectivity index (χ1v) is 11.8. The number of hydrogen-bond acceptors (Lipinski definition) is 6. The van der Waals surface area contributed by atoms with Crippen molar-refractivity contribution in [3.05, 3.63) is 74.8 Å². The van der Waals surface area contributed by atoms with Crippen molar-refractivity contribution in [1.29, 1.82) is 0 Å². The summed E-state index contributed by atoms with van der Waals surface area (Å²) in [5, 5.41) is 21.2. The fourth-order valence-electron chi connectivity index (χ4n) is 5.38. The van der Waals surface area contributed by atoms with E-state index in [0.29, 0.717) is 35.3 Å². The van der Waals surface area contributed by atoms with Crippen molar-refractivity contribution in [2.45, 2.75) is 58.8 Å². The van der Waals surface area contributed by atoms with Crippen LogP contribution in [0.4, 0.5) is 4.39 Å². The number of rotatable bonds is 1. The second kappa shape index (κ2) is 9.36. The molecule has 6 rings (SSSR count). The highest BCUT2D eigenvalue weighted by Crippen LogP contribution is 2.45. The summed E-state index contributed by atoms with van der Waals surface area (Å²) in [4.78, 5) is 29.7. The molecule has 2 N–H and O–H groups in total. The molecule has 0 bridgehead atoms. The number of fused-ring (bicyclic) bond motifs is 5. The van der Waals surface area contributed by atoms with Gasteiger partial charge in [0.05, 0.1) is 29.0 Å². The van der Waals surface area contributed by atoms with Crippen molar-refractivity contribution in [1.82, 2.24) is 9.55 Å². The van der Waals surface area contributed by atoms with Crippen LogP contribution in [0.5, 0.6) is 0 Å². The Balaban J connectivity index is 0.000000689. The second-order valence-electron chi connectivity index (χ2n) is 8.49. The van der Waals surface area contributed by atoms with E-state index in [1.54, 1.807) is 17.6 Å². The van der Waals surface area contributed by atoms with Gasteiger partial charge in [0.1, 0.15) is 12.4 Å². The van der Waals surface area contributed by atoms with E-state index in [-0.39, 0.29) is 48.2 Å². The molecule has 2 aromatic heterocycles. The van der Waals surface area contributed by atoms with Crippen LogP contribution in [0, 0.1) is 12.7 Å². The molecule has 8 heteroatoms. The van der Waals surface area contributed by atoms with Gasteiger partial charge < -0.3 is 19.5 Å². The lowest BCUT2D eigenvalue weighted by molar-refractivity contribution is -0.157. The largest absolute Gasteiger partial charge is 0.458 e. The van der Waals surface area contributed by atoms with E-state index in [1.165, 1.54) is 6.07 Å². The lowest BCUT2D eigenvalue weighted by atomic mass is 9.78. The molecule has 1 aromatic carbocycles. The summed E-state index contributed by atoms with van der Waals surface area (Å²) in [6, 6.07) is 3.02. The molecule has 1 aliphatic carbocycles. The predicted molar refractivity (Wildman–Crippen MR) is 131 cm³/mol. The standard InChI is InChI=1S/C23H19FN2O5.C2H6.C2H4/c1-9-11-3-2-10(7-27)18-13-6-26-17(20(13)25-16(19(11)18)5-15(9)24)4-12-14(22(26)29)8-31-23(30)21(12)28;2*1-2/h4-5,10,21,27-28H,2-3,6-8H2,1H3;1-2H3;1-2H2/t10-,21?;;/m0../s1. The minimum absolute atomic E-state index is 0.0514. The number of ether oxygens (including phenoxy) is 1. The van der Waals surface area contributed by atoms with Gasteiger partial charge in [-0.25, -0.2) is 14.2 Å². The van der Waals surface area contributed by atoms with E-state index >= 15 is 0 Å². The minimum atomic E-state index is -1.53. The Morgan fingerprint density at radius 3 is 2.60 bits per heavy atom. The summed E-state index contributed by atoms with van der Waals surface area (Å²) < 4.78 is 21.1. The van der Waals surface area contributed by atoms with Crippen LogP contribution < -0.4 is 5.56 Å². The SMILES string of the molecule is C=C.CC.Cc1c(F)cc2nc3c(c4c2c1CC[C@H]4CO)Cn1c-3cc2c(c1=O)COC(=O)C2O. The van der Waals surface area contributed by atoms with Crippen LogP contribution in [0.15, 0.2) is 30.1 Å². The first-order valence-electron chi connectivity index (χ1n) is 11.8. The lowest BCUT2D eigenvalue weighted by Gasteiger charge is -2.28. The van der Waals surface area contributed by atoms with Crippen molar-refractivity contribution < 1.29 is 24.1 Å². The molecule has 2 atom stereocenters. The Bertz CT molecular complexity index is 1410. The summed E-state index contributed by atoms with van der Waals surface area (Å²) >= 11 is 0. The van der Waals surface area contributed by atoms with Gasteiger partial charge in [0.25, 0.3) is 5.56 Å². The van der Waals surface area contributed by atoms with Crippen molar-refractivity contribution in [2.75, 3.05) is 6.61 Å². The van der Waals surface area contributed by atoms with Gasteiger partial charge in [0.2, 0.25) is 0 Å². The molecule has 3 aromatic rings. The molecule has 4 heterocycles. The van der Waals surface area contributed by atoms with Crippen molar-refractivity contribution in [3.63, 3.8) is 0 Å². The summed E-state index contributed by atoms with van der Waals surface area (Å²) in [7, 11) is 0.